The summed E-state index contributed by atoms with van der Waals surface area (Å²) < 4.78 is 37.7. The molecule has 3 rings (SSSR count). The fourth-order valence-electron chi connectivity index (χ4n) is 2.90. The Morgan fingerprint density at radius 2 is 1.89 bits per heavy atom. The van der Waals surface area contributed by atoms with Gasteiger partial charge in [0.25, 0.3) is 5.91 Å². The third-order valence-corrected chi connectivity index (χ3v) is 7.07. The molecule has 1 saturated heterocycles. The van der Waals surface area contributed by atoms with E-state index in [1.54, 1.807) is 18.2 Å². The average Bonchev–Trinajstić information content (AvgIpc) is 2.74. The lowest BCUT2D eigenvalue weighted by Gasteiger charge is -2.26. The number of thioether (sulfide) groups is 1. The first-order valence-corrected chi connectivity index (χ1v) is 11.3. The Morgan fingerprint density at radius 3 is 2.57 bits per heavy atom. The SMILES string of the molecule is COc1ccc(S(=O)(=O)N2CCOCC2)cc1NC(=O)c1ccccc1SC. The number of anilines is 1. The van der Waals surface area contributed by atoms with E-state index in [0.717, 1.165) is 4.90 Å². The summed E-state index contributed by atoms with van der Waals surface area (Å²) in [5.74, 6) is 0.0556. The van der Waals surface area contributed by atoms with E-state index in [0.29, 0.717) is 43.3 Å². The number of nitrogens with one attached hydrogen (secondary N) is 1. The summed E-state index contributed by atoms with van der Waals surface area (Å²) in [6, 6.07) is 11.7. The molecule has 28 heavy (non-hydrogen) atoms. The van der Waals surface area contributed by atoms with Crippen molar-refractivity contribution < 1.29 is 22.7 Å². The number of methoxy groups -OCH3 is 1. The molecule has 0 aromatic heterocycles. The van der Waals surface area contributed by atoms with Gasteiger partial charge in [0.15, 0.2) is 0 Å². The maximum atomic E-state index is 12.9. The Balaban J connectivity index is 1.92. The van der Waals surface area contributed by atoms with E-state index in [-0.39, 0.29) is 10.8 Å². The number of nitrogens with zero attached hydrogens (tertiary/aromatic N) is 1. The highest BCUT2D eigenvalue weighted by molar-refractivity contribution is 7.98. The number of carbonyl (C=O) groups excluding carboxylic acids is 1. The first-order valence-electron chi connectivity index (χ1n) is 8.67. The fraction of sp³-hybridized carbons (Fsp3) is 0.316. The molecular weight excluding hydrogens is 400 g/mol. The summed E-state index contributed by atoms with van der Waals surface area (Å²) in [6.45, 7) is 1.34. The second-order valence-electron chi connectivity index (χ2n) is 6.03. The van der Waals surface area contributed by atoms with Gasteiger partial charge in [-0.3, -0.25) is 4.79 Å². The van der Waals surface area contributed by atoms with E-state index in [1.807, 2.05) is 18.4 Å². The molecule has 150 valence electrons. The molecule has 1 aliphatic heterocycles. The molecule has 9 heteroatoms. The number of hydrogen-bond acceptors (Lipinski definition) is 6. The van der Waals surface area contributed by atoms with Crippen LogP contribution in [0, 0.1) is 0 Å². The molecule has 0 bridgehead atoms. The minimum absolute atomic E-state index is 0.101. The zero-order valence-corrected chi connectivity index (χ0v) is 17.3. The zero-order valence-electron chi connectivity index (χ0n) is 15.7. The van der Waals surface area contributed by atoms with E-state index in [9.17, 15) is 13.2 Å². The second kappa shape index (κ2) is 8.95. The Morgan fingerprint density at radius 1 is 1.18 bits per heavy atom. The van der Waals surface area contributed by atoms with Crippen LogP contribution in [0.15, 0.2) is 52.3 Å². The summed E-state index contributed by atoms with van der Waals surface area (Å²) >= 11 is 1.46. The smallest absolute Gasteiger partial charge is 0.256 e. The highest BCUT2D eigenvalue weighted by Gasteiger charge is 2.27. The van der Waals surface area contributed by atoms with Crippen LogP contribution in [0.5, 0.6) is 5.75 Å². The third kappa shape index (κ3) is 4.33. The highest BCUT2D eigenvalue weighted by Crippen LogP contribution is 2.30. The van der Waals surface area contributed by atoms with Gasteiger partial charge in [-0.15, -0.1) is 11.8 Å². The second-order valence-corrected chi connectivity index (χ2v) is 8.82. The molecule has 1 heterocycles. The maximum Gasteiger partial charge on any atom is 0.256 e. The number of ether oxygens (including phenoxy) is 2. The average molecular weight is 423 g/mol. The van der Waals surface area contributed by atoms with Crippen LogP contribution in [0.3, 0.4) is 0 Å². The lowest BCUT2D eigenvalue weighted by atomic mass is 10.2. The van der Waals surface area contributed by atoms with E-state index in [2.05, 4.69) is 5.32 Å². The van der Waals surface area contributed by atoms with Crippen LogP contribution < -0.4 is 10.1 Å². The molecule has 2 aromatic carbocycles. The molecule has 0 atom stereocenters. The number of amides is 1. The number of hydrogen-bond donors (Lipinski definition) is 1. The van der Waals surface area contributed by atoms with Crippen LogP contribution in [0.1, 0.15) is 10.4 Å². The Hall–Kier alpha value is -2.07. The van der Waals surface area contributed by atoms with Crippen molar-refractivity contribution in [2.45, 2.75) is 9.79 Å². The fourth-order valence-corrected chi connectivity index (χ4v) is 4.93. The predicted octanol–water partition coefficient (Wildman–Crippen LogP) is 2.69. The Bertz CT molecular complexity index is 957. The van der Waals surface area contributed by atoms with Gasteiger partial charge in [-0.1, -0.05) is 12.1 Å². The van der Waals surface area contributed by atoms with Crippen molar-refractivity contribution in [3.8, 4) is 5.75 Å². The lowest BCUT2D eigenvalue weighted by Crippen LogP contribution is -2.40. The van der Waals surface area contributed by atoms with Crippen molar-refractivity contribution in [2.75, 3.05) is 45.0 Å². The predicted molar refractivity (Wildman–Crippen MR) is 109 cm³/mol. The summed E-state index contributed by atoms with van der Waals surface area (Å²) in [5.41, 5.74) is 0.816. The number of rotatable bonds is 6. The lowest BCUT2D eigenvalue weighted by molar-refractivity contribution is 0.0730. The van der Waals surface area contributed by atoms with Gasteiger partial charge < -0.3 is 14.8 Å². The van der Waals surface area contributed by atoms with Gasteiger partial charge in [-0.2, -0.15) is 4.31 Å². The van der Waals surface area contributed by atoms with E-state index >= 15 is 0 Å². The molecule has 1 amide bonds. The van der Waals surface area contributed by atoms with Gasteiger partial charge in [0.05, 0.1) is 36.5 Å². The first kappa shape index (κ1) is 20.7. The summed E-state index contributed by atoms with van der Waals surface area (Å²) in [4.78, 5) is 13.7. The molecule has 0 spiro atoms. The molecule has 0 radical (unpaired) electrons. The number of carbonyl (C=O) groups is 1. The van der Waals surface area contributed by atoms with Gasteiger partial charge in [0, 0.05) is 18.0 Å². The van der Waals surface area contributed by atoms with Crippen molar-refractivity contribution >= 4 is 33.4 Å². The maximum absolute atomic E-state index is 12.9. The van der Waals surface area contributed by atoms with Gasteiger partial charge >= 0.3 is 0 Å². The quantitative estimate of drug-likeness (QED) is 0.721. The number of benzene rings is 2. The number of sulfonamides is 1. The van der Waals surface area contributed by atoms with Gasteiger partial charge in [0.2, 0.25) is 10.0 Å². The van der Waals surface area contributed by atoms with Crippen LogP contribution >= 0.6 is 11.8 Å². The largest absolute Gasteiger partial charge is 0.495 e. The Labute approximate surface area is 169 Å². The van der Waals surface area contributed by atoms with Crippen LogP contribution in [0.25, 0.3) is 0 Å². The molecule has 0 aliphatic carbocycles. The van der Waals surface area contributed by atoms with Gasteiger partial charge in [0.1, 0.15) is 5.75 Å². The van der Waals surface area contributed by atoms with Crippen LogP contribution in [-0.2, 0) is 14.8 Å². The molecule has 1 fully saturated rings. The molecule has 2 aromatic rings. The summed E-state index contributed by atoms with van der Waals surface area (Å²) in [6.07, 6.45) is 1.89. The summed E-state index contributed by atoms with van der Waals surface area (Å²) in [5, 5.41) is 2.78. The molecule has 1 aliphatic rings. The van der Waals surface area contributed by atoms with E-state index in [1.165, 1.54) is 35.3 Å². The van der Waals surface area contributed by atoms with Crippen molar-refractivity contribution in [1.82, 2.24) is 4.31 Å². The zero-order chi connectivity index (χ0) is 20.1. The number of morpholine rings is 1. The van der Waals surface area contributed by atoms with Crippen molar-refractivity contribution in [3.63, 3.8) is 0 Å². The normalized spacial score (nSPS) is 15.2. The van der Waals surface area contributed by atoms with Crippen LogP contribution in [-0.4, -0.2) is 58.3 Å². The molecular formula is C19H22N2O5S2. The van der Waals surface area contributed by atoms with Crippen LogP contribution in [0.4, 0.5) is 5.69 Å². The first-order chi connectivity index (χ1) is 13.5. The summed E-state index contributed by atoms with van der Waals surface area (Å²) in [7, 11) is -2.21. The van der Waals surface area contributed by atoms with Gasteiger partial charge in [-0.25, -0.2) is 8.42 Å². The van der Waals surface area contributed by atoms with E-state index < -0.39 is 10.0 Å². The van der Waals surface area contributed by atoms with Crippen LogP contribution in [0.2, 0.25) is 0 Å². The minimum Gasteiger partial charge on any atom is -0.495 e. The standard InChI is InChI=1S/C19H22N2O5S2/c1-25-17-8-7-14(28(23,24)21-9-11-26-12-10-21)13-16(17)20-19(22)15-5-3-4-6-18(15)27-2/h3-8,13H,9-12H2,1-2H3,(H,20,22). The van der Waals surface area contributed by atoms with Gasteiger partial charge in [-0.05, 0) is 36.6 Å². The van der Waals surface area contributed by atoms with E-state index in [4.69, 9.17) is 9.47 Å². The molecule has 0 saturated carbocycles. The minimum atomic E-state index is -3.68. The monoisotopic (exact) mass is 422 g/mol. The van der Waals surface area contributed by atoms with Crippen molar-refractivity contribution in [2.24, 2.45) is 0 Å². The molecule has 1 N–H and O–H groups in total. The Kier molecular flexibility index (Phi) is 6.61. The molecule has 0 unspecified atom stereocenters. The van der Waals surface area contributed by atoms with Crippen molar-refractivity contribution in [1.29, 1.82) is 0 Å². The third-order valence-electron chi connectivity index (χ3n) is 4.38. The molecule has 7 nitrogen and oxygen atoms in total. The van der Waals surface area contributed by atoms with Crippen molar-refractivity contribution in [3.05, 3.63) is 48.0 Å². The topological polar surface area (TPSA) is 84.9 Å². The highest BCUT2D eigenvalue weighted by atomic mass is 32.2.